The average molecular weight is 382 g/mol. The summed E-state index contributed by atoms with van der Waals surface area (Å²) in [6, 6.07) is 18.1. The van der Waals surface area contributed by atoms with Crippen molar-refractivity contribution in [3.63, 3.8) is 0 Å². The van der Waals surface area contributed by atoms with Crippen molar-refractivity contribution in [3.05, 3.63) is 83.7 Å². The van der Waals surface area contributed by atoms with E-state index in [4.69, 9.17) is 15.0 Å². The largest absolute Gasteiger partial charge is 0.495 e. The lowest BCUT2D eigenvalue weighted by Gasteiger charge is -2.12. The number of hydrogen-bond acceptors (Lipinski definition) is 4. The van der Waals surface area contributed by atoms with Crippen LogP contribution in [0.1, 0.15) is 21.5 Å². The fourth-order valence-electron chi connectivity index (χ4n) is 3.18. The molecule has 0 unspecified atom stereocenters. The van der Waals surface area contributed by atoms with Crippen molar-refractivity contribution in [1.29, 1.82) is 5.26 Å². The predicted octanol–water partition coefficient (Wildman–Crippen LogP) is 4.44. The number of amides is 1. The van der Waals surface area contributed by atoms with Crippen molar-refractivity contribution in [1.82, 2.24) is 9.38 Å². The number of rotatable bonds is 4. The molecule has 142 valence electrons. The highest BCUT2D eigenvalue weighted by molar-refractivity contribution is 6.05. The molecule has 1 amide bonds. The molecule has 0 fully saturated rings. The quantitative estimate of drug-likeness (QED) is 0.566. The highest BCUT2D eigenvalue weighted by Crippen LogP contribution is 2.31. The van der Waals surface area contributed by atoms with Crippen LogP contribution in [-0.4, -0.2) is 22.4 Å². The molecule has 6 nitrogen and oxygen atoms in total. The second-order valence-electron chi connectivity index (χ2n) is 6.61. The van der Waals surface area contributed by atoms with Gasteiger partial charge in [0.05, 0.1) is 30.1 Å². The number of nitrogens with one attached hydrogen (secondary N) is 1. The van der Waals surface area contributed by atoms with E-state index in [9.17, 15) is 4.79 Å². The molecular formula is C23H18N4O2. The van der Waals surface area contributed by atoms with Gasteiger partial charge in [0, 0.05) is 23.5 Å². The van der Waals surface area contributed by atoms with Crippen LogP contribution in [0.3, 0.4) is 0 Å². The number of methoxy groups -OCH3 is 1. The maximum Gasteiger partial charge on any atom is 0.255 e. The molecule has 0 aliphatic heterocycles. The van der Waals surface area contributed by atoms with Crippen LogP contribution in [0.4, 0.5) is 5.69 Å². The molecule has 0 bridgehead atoms. The van der Waals surface area contributed by atoms with Gasteiger partial charge in [-0.3, -0.25) is 4.79 Å². The summed E-state index contributed by atoms with van der Waals surface area (Å²) >= 11 is 0. The molecule has 2 heterocycles. The Balaban J connectivity index is 1.70. The summed E-state index contributed by atoms with van der Waals surface area (Å²) in [5.74, 6) is 0.224. The summed E-state index contributed by atoms with van der Waals surface area (Å²) in [6.07, 6.45) is 3.90. The third kappa shape index (κ3) is 3.54. The number of pyridine rings is 1. The van der Waals surface area contributed by atoms with E-state index in [0.717, 1.165) is 22.5 Å². The van der Waals surface area contributed by atoms with Crippen molar-refractivity contribution in [2.24, 2.45) is 0 Å². The maximum atomic E-state index is 12.7. The molecule has 1 N–H and O–H groups in total. The maximum absolute atomic E-state index is 12.7. The van der Waals surface area contributed by atoms with Crippen molar-refractivity contribution < 1.29 is 9.53 Å². The number of carbonyl (C=O) groups is 1. The number of ether oxygens (including phenoxy) is 1. The smallest absolute Gasteiger partial charge is 0.255 e. The van der Waals surface area contributed by atoms with Crippen LogP contribution < -0.4 is 10.1 Å². The SMILES string of the molecule is COc1ccc(-c2cn3cccc(C)c3n2)cc1NC(=O)c1cccc(C#N)c1. The average Bonchev–Trinajstić information content (AvgIpc) is 3.19. The van der Waals surface area contributed by atoms with E-state index in [-0.39, 0.29) is 5.91 Å². The van der Waals surface area contributed by atoms with Crippen LogP contribution in [0.25, 0.3) is 16.9 Å². The lowest BCUT2D eigenvalue weighted by molar-refractivity contribution is 0.102. The van der Waals surface area contributed by atoms with Crippen molar-refractivity contribution in [2.45, 2.75) is 6.92 Å². The van der Waals surface area contributed by atoms with Gasteiger partial charge in [-0.05, 0) is 55.0 Å². The highest BCUT2D eigenvalue weighted by Gasteiger charge is 2.13. The Hall–Kier alpha value is -4.11. The number of nitriles is 1. The number of benzene rings is 2. The number of carbonyl (C=O) groups excluding carboxylic acids is 1. The van der Waals surface area contributed by atoms with Crippen LogP contribution in [0.2, 0.25) is 0 Å². The Labute approximate surface area is 168 Å². The fraction of sp³-hybridized carbons (Fsp3) is 0.0870. The summed E-state index contributed by atoms with van der Waals surface area (Å²) in [5.41, 5.74) is 4.98. The number of aromatic nitrogens is 2. The molecule has 0 aliphatic carbocycles. The summed E-state index contributed by atoms with van der Waals surface area (Å²) < 4.78 is 7.38. The van der Waals surface area contributed by atoms with E-state index in [2.05, 4.69) is 5.32 Å². The van der Waals surface area contributed by atoms with Gasteiger partial charge in [0.15, 0.2) is 0 Å². The molecular weight excluding hydrogens is 364 g/mol. The Morgan fingerprint density at radius 2 is 2.03 bits per heavy atom. The normalized spacial score (nSPS) is 10.5. The van der Waals surface area contributed by atoms with Crippen LogP contribution in [0.15, 0.2) is 67.0 Å². The van der Waals surface area contributed by atoms with E-state index in [1.807, 2.05) is 54.1 Å². The monoisotopic (exact) mass is 382 g/mol. The first kappa shape index (κ1) is 18.3. The van der Waals surface area contributed by atoms with E-state index >= 15 is 0 Å². The van der Waals surface area contributed by atoms with E-state index < -0.39 is 0 Å². The zero-order valence-electron chi connectivity index (χ0n) is 16.0. The molecule has 0 saturated heterocycles. The summed E-state index contributed by atoms with van der Waals surface area (Å²) in [6.45, 7) is 2.02. The second kappa shape index (κ2) is 7.49. The minimum atomic E-state index is -0.316. The summed E-state index contributed by atoms with van der Waals surface area (Å²) in [5, 5.41) is 11.9. The Kier molecular flexibility index (Phi) is 4.71. The lowest BCUT2D eigenvalue weighted by Crippen LogP contribution is -2.13. The first-order valence-electron chi connectivity index (χ1n) is 9.03. The molecule has 0 aliphatic rings. The highest BCUT2D eigenvalue weighted by atomic mass is 16.5. The van der Waals surface area contributed by atoms with Gasteiger partial charge < -0.3 is 14.5 Å². The van der Waals surface area contributed by atoms with Crippen LogP contribution in [0, 0.1) is 18.3 Å². The van der Waals surface area contributed by atoms with Gasteiger partial charge in [-0.2, -0.15) is 5.26 Å². The van der Waals surface area contributed by atoms with Crippen LogP contribution in [-0.2, 0) is 0 Å². The number of imidazole rings is 1. The second-order valence-corrected chi connectivity index (χ2v) is 6.61. The van der Waals surface area contributed by atoms with Gasteiger partial charge in [-0.1, -0.05) is 12.1 Å². The van der Waals surface area contributed by atoms with Gasteiger partial charge in [-0.15, -0.1) is 0 Å². The molecule has 0 atom stereocenters. The number of anilines is 1. The minimum Gasteiger partial charge on any atom is -0.495 e. The number of fused-ring (bicyclic) bond motifs is 1. The molecule has 0 spiro atoms. The molecule has 4 rings (SSSR count). The zero-order chi connectivity index (χ0) is 20.4. The number of hydrogen-bond donors (Lipinski definition) is 1. The van der Waals surface area contributed by atoms with Gasteiger partial charge >= 0.3 is 0 Å². The number of nitrogens with zero attached hydrogens (tertiary/aromatic N) is 3. The first-order valence-corrected chi connectivity index (χ1v) is 9.03. The topological polar surface area (TPSA) is 79.4 Å². The first-order chi connectivity index (χ1) is 14.1. The Bertz CT molecular complexity index is 1270. The predicted molar refractivity (Wildman–Crippen MR) is 111 cm³/mol. The van der Waals surface area contributed by atoms with Gasteiger partial charge in [-0.25, -0.2) is 4.98 Å². The molecule has 6 heteroatoms. The molecule has 4 aromatic rings. The van der Waals surface area contributed by atoms with Crippen LogP contribution >= 0.6 is 0 Å². The van der Waals surface area contributed by atoms with E-state index in [1.54, 1.807) is 37.4 Å². The van der Waals surface area contributed by atoms with Crippen LogP contribution in [0.5, 0.6) is 5.75 Å². The molecule has 0 saturated carbocycles. The standard InChI is InChI=1S/C23H18N4O2/c1-15-5-4-10-27-14-20(25-22(15)27)17-8-9-21(29-2)19(12-17)26-23(28)18-7-3-6-16(11-18)13-24/h3-12,14H,1-2H3,(H,26,28). The lowest BCUT2D eigenvalue weighted by atomic mass is 10.1. The van der Waals surface area contributed by atoms with Gasteiger partial charge in [0.2, 0.25) is 0 Å². The van der Waals surface area contributed by atoms with E-state index in [1.165, 1.54) is 0 Å². The number of aryl methyl sites for hydroxylation is 1. The molecule has 29 heavy (non-hydrogen) atoms. The summed E-state index contributed by atoms with van der Waals surface area (Å²) in [7, 11) is 1.55. The summed E-state index contributed by atoms with van der Waals surface area (Å²) in [4.78, 5) is 17.4. The van der Waals surface area contributed by atoms with Gasteiger partial charge in [0.1, 0.15) is 11.4 Å². The minimum absolute atomic E-state index is 0.316. The Morgan fingerprint density at radius 1 is 1.17 bits per heavy atom. The van der Waals surface area contributed by atoms with E-state index in [0.29, 0.717) is 22.6 Å². The van der Waals surface area contributed by atoms with Crippen molar-refractivity contribution in [2.75, 3.05) is 12.4 Å². The van der Waals surface area contributed by atoms with Gasteiger partial charge in [0.25, 0.3) is 5.91 Å². The van der Waals surface area contributed by atoms with Crippen molar-refractivity contribution >= 4 is 17.2 Å². The zero-order valence-corrected chi connectivity index (χ0v) is 16.0. The third-order valence-electron chi connectivity index (χ3n) is 4.68. The fourth-order valence-corrected chi connectivity index (χ4v) is 3.18. The Morgan fingerprint density at radius 3 is 2.79 bits per heavy atom. The molecule has 2 aromatic carbocycles. The third-order valence-corrected chi connectivity index (χ3v) is 4.68. The molecule has 0 radical (unpaired) electrons. The molecule has 2 aromatic heterocycles. The van der Waals surface area contributed by atoms with Crippen molar-refractivity contribution in [3.8, 4) is 23.1 Å².